The summed E-state index contributed by atoms with van der Waals surface area (Å²) in [5, 5.41) is 20.0. The normalized spacial score (nSPS) is 10.8. The number of carbonyl (C=O) groups is 1. The Labute approximate surface area is 72.6 Å². The maximum Gasteiger partial charge on any atom is 0.222 e. The van der Waals surface area contributed by atoms with Crippen molar-refractivity contribution in [2.75, 3.05) is 19.8 Å². The number of amides is 1. The van der Waals surface area contributed by atoms with Gasteiger partial charge in [-0.2, -0.15) is 0 Å². The molecule has 0 bridgehead atoms. The predicted molar refractivity (Wildman–Crippen MR) is 45.5 cm³/mol. The van der Waals surface area contributed by atoms with Crippen LogP contribution in [0.2, 0.25) is 0 Å². The van der Waals surface area contributed by atoms with Gasteiger partial charge in [-0.3, -0.25) is 4.79 Å². The molecule has 0 saturated carbocycles. The number of rotatable bonds is 5. The van der Waals surface area contributed by atoms with Crippen LogP contribution in [0.5, 0.6) is 0 Å². The molecule has 0 unspecified atom stereocenters. The number of hydrogen-bond acceptors (Lipinski definition) is 3. The lowest BCUT2D eigenvalue weighted by Crippen LogP contribution is -2.34. The lowest BCUT2D eigenvalue weighted by Gasteiger charge is -2.13. The van der Waals surface area contributed by atoms with Crippen molar-refractivity contribution in [3.63, 3.8) is 0 Å². The summed E-state index contributed by atoms with van der Waals surface area (Å²) in [6, 6.07) is 0. The maximum absolute atomic E-state index is 11.0. The SMILES string of the molecule is CC(C)C(=O)NCC(CO)CO. The summed E-state index contributed by atoms with van der Waals surface area (Å²) in [6.45, 7) is 3.72. The Balaban J connectivity index is 3.59. The molecule has 0 radical (unpaired) electrons. The molecule has 4 heteroatoms. The second-order valence-corrected chi connectivity index (χ2v) is 3.13. The van der Waals surface area contributed by atoms with Crippen molar-refractivity contribution in [1.29, 1.82) is 0 Å². The number of nitrogens with one attached hydrogen (secondary N) is 1. The fourth-order valence-corrected chi connectivity index (χ4v) is 0.636. The molecule has 0 aliphatic heterocycles. The molecular formula is C8H17NO3. The molecule has 0 aromatic carbocycles. The molecular weight excluding hydrogens is 158 g/mol. The van der Waals surface area contributed by atoms with Crippen LogP contribution in [0.3, 0.4) is 0 Å². The first-order valence-corrected chi connectivity index (χ1v) is 4.11. The van der Waals surface area contributed by atoms with Crippen LogP contribution in [-0.4, -0.2) is 35.9 Å². The van der Waals surface area contributed by atoms with Crippen LogP contribution in [0.15, 0.2) is 0 Å². The quantitative estimate of drug-likeness (QED) is 0.520. The van der Waals surface area contributed by atoms with E-state index in [2.05, 4.69) is 5.32 Å². The van der Waals surface area contributed by atoms with Gasteiger partial charge in [0.15, 0.2) is 0 Å². The van der Waals surface area contributed by atoms with E-state index < -0.39 is 0 Å². The van der Waals surface area contributed by atoms with Gasteiger partial charge < -0.3 is 15.5 Å². The second-order valence-electron chi connectivity index (χ2n) is 3.13. The smallest absolute Gasteiger partial charge is 0.222 e. The lowest BCUT2D eigenvalue weighted by molar-refractivity contribution is -0.124. The van der Waals surface area contributed by atoms with Crippen LogP contribution >= 0.6 is 0 Å². The monoisotopic (exact) mass is 175 g/mol. The minimum Gasteiger partial charge on any atom is -0.396 e. The summed E-state index contributed by atoms with van der Waals surface area (Å²) in [4.78, 5) is 11.0. The third kappa shape index (κ3) is 4.31. The highest BCUT2D eigenvalue weighted by atomic mass is 16.3. The maximum atomic E-state index is 11.0. The van der Waals surface area contributed by atoms with Crippen molar-refractivity contribution in [2.45, 2.75) is 13.8 Å². The molecule has 12 heavy (non-hydrogen) atoms. The molecule has 0 aromatic rings. The van der Waals surface area contributed by atoms with Gasteiger partial charge in [-0.15, -0.1) is 0 Å². The van der Waals surface area contributed by atoms with E-state index in [9.17, 15) is 4.79 Å². The van der Waals surface area contributed by atoms with E-state index in [1.165, 1.54) is 0 Å². The first-order valence-electron chi connectivity index (χ1n) is 4.11. The van der Waals surface area contributed by atoms with E-state index in [1.807, 2.05) is 0 Å². The van der Waals surface area contributed by atoms with Crippen molar-refractivity contribution < 1.29 is 15.0 Å². The summed E-state index contributed by atoms with van der Waals surface area (Å²) in [7, 11) is 0. The van der Waals surface area contributed by atoms with Gasteiger partial charge in [0.05, 0.1) is 0 Å². The van der Waals surface area contributed by atoms with Gasteiger partial charge in [0.1, 0.15) is 0 Å². The zero-order valence-electron chi connectivity index (χ0n) is 7.58. The minimum atomic E-state index is -0.243. The Morgan fingerprint density at radius 3 is 2.17 bits per heavy atom. The van der Waals surface area contributed by atoms with Crippen LogP contribution in [0.4, 0.5) is 0 Å². The van der Waals surface area contributed by atoms with Crippen LogP contribution in [0.25, 0.3) is 0 Å². The van der Waals surface area contributed by atoms with Gasteiger partial charge in [0.2, 0.25) is 5.91 Å². The van der Waals surface area contributed by atoms with Crippen molar-refractivity contribution >= 4 is 5.91 Å². The average molecular weight is 175 g/mol. The zero-order valence-corrected chi connectivity index (χ0v) is 7.58. The molecule has 0 atom stereocenters. The van der Waals surface area contributed by atoms with E-state index in [4.69, 9.17) is 10.2 Å². The standard InChI is InChI=1S/C8H17NO3/c1-6(2)8(12)9-3-7(4-10)5-11/h6-7,10-11H,3-5H2,1-2H3,(H,9,12). The molecule has 0 aliphatic rings. The Hall–Kier alpha value is -0.610. The molecule has 0 heterocycles. The fourth-order valence-electron chi connectivity index (χ4n) is 0.636. The highest BCUT2D eigenvalue weighted by Crippen LogP contribution is 1.94. The van der Waals surface area contributed by atoms with Gasteiger partial charge in [0.25, 0.3) is 0 Å². The molecule has 0 spiro atoms. The second kappa shape index (κ2) is 5.97. The molecule has 0 aromatic heterocycles. The van der Waals surface area contributed by atoms with Crippen molar-refractivity contribution in [1.82, 2.24) is 5.32 Å². The van der Waals surface area contributed by atoms with Crippen molar-refractivity contribution in [3.8, 4) is 0 Å². The van der Waals surface area contributed by atoms with Gasteiger partial charge in [-0.05, 0) is 0 Å². The first kappa shape index (κ1) is 11.4. The summed E-state index contributed by atoms with van der Waals surface area (Å²) >= 11 is 0. The van der Waals surface area contributed by atoms with E-state index >= 15 is 0 Å². The van der Waals surface area contributed by atoms with Crippen LogP contribution in [0, 0.1) is 11.8 Å². The Morgan fingerprint density at radius 1 is 1.33 bits per heavy atom. The third-order valence-corrected chi connectivity index (χ3v) is 1.61. The summed E-state index contributed by atoms with van der Waals surface area (Å²) in [5.74, 6) is -0.349. The summed E-state index contributed by atoms with van der Waals surface area (Å²) in [5.41, 5.74) is 0. The van der Waals surface area contributed by atoms with Crippen LogP contribution < -0.4 is 5.32 Å². The number of aliphatic hydroxyl groups excluding tert-OH is 2. The summed E-state index contributed by atoms with van der Waals surface area (Å²) < 4.78 is 0. The third-order valence-electron chi connectivity index (χ3n) is 1.61. The lowest BCUT2D eigenvalue weighted by atomic mass is 10.1. The van der Waals surface area contributed by atoms with Gasteiger partial charge >= 0.3 is 0 Å². The van der Waals surface area contributed by atoms with E-state index in [1.54, 1.807) is 13.8 Å². The van der Waals surface area contributed by atoms with Gasteiger partial charge in [-0.25, -0.2) is 0 Å². The zero-order chi connectivity index (χ0) is 9.56. The largest absolute Gasteiger partial charge is 0.396 e. The fraction of sp³-hybridized carbons (Fsp3) is 0.875. The van der Waals surface area contributed by atoms with Crippen LogP contribution in [0.1, 0.15) is 13.8 Å². The molecule has 0 fully saturated rings. The van der Waals surface area contributed by atoms with Gasteiger partial charge in [0, 0.05) is 31.6 Å². The number of aliphatic hydroxyl groups is 2. The molecule has 72 valence electrons. The van der Waals surface area contributed by atoms with Crippen molar-refractivity contribution in [3.05, 3.63) is 0 Å². The first-order chi connectivity index (χ1) is 5.61. The van der Waals surface area contributed by atoms with Gasteiger partial charge in [-0.1, -0.05) is 13.8 Å². The van der Waals surface area contributed by atoms with Crippen LogP contribution in [-0.2, 0) is 4.79 Å². The highest BCUT2D eigenvalue weighted by Gasteiger charge is 2.10. The molecule has 3 N–H and O–H groups in total. The Morgan fingerprint density at radius 2 is 1.83 bits per heavy atom. The number of carbonyl (C=O) groups excluding carboxylic acids is 1. The highest BCUT2D eigenvalue weighted by molar-refractivity contribution is 5.77. The molecule has 1 amide bonds. The molecule has 0 saturated heterocycles. The number of hydrogen-bond donors (Lipinski definition) is 3. The molecule has 0 aliphatic carbocycles. The Bertz CT molecular complexity index is 132. The van der Waals surface area contributed by atoms with E-state index in [0.717, 1.165) is 0 Å². The van der Waals surface area contributed by atoms with Crippen molar-refractivity contribution in [2.24, 2.45) is 11.8 Å². The minimum absolute atomic E-state index is 0.0527. The van der Waals surface area contributed by atoms with E-state index in [0.29, 0.717) is 6.54 Å². The predicted octanol–water partition coefficient (Wildman–Crippen LogP) is -0.641. The summed E-state index contributed by atoms with van der Waals surface area (Å²) in [6.07, 6.45) is 0. The van der Waals surface area contributed by atoms with E-state index in [-0.39, 0.29) is 31.0 Å². The topological polar surface area (TPSA) is 69.6 Å². The Kier molecular flexibility index (Phi) is 5.66. The average Bonchev–Trinajstić information content (AvgIpc) is 2.05. The molecule has 0 rings (SSSR count). The molecule has 4 nitrogen and oxygen atoms in total.